The van der Waals surface area contributed by atoms with Crippen molar-refractivity contribution < 1.29 is 9.90 Å². The van der Waals surface area contributed by atoms with E-state index in [-0.39, 0.29) is 12.5 Å². The molecule has 1 aromatic rings. The number of halogens is 1. The molecule has 0 saturated carbocycles. The fourth-order valence-corrected chi connectivity index (χ4v) is 1.46. The first-order valence-electron chi connectivity index (χ1n) is 5.40. The van der Waals surface area contributed by atoms with Crippen molar-refractivity contribution in [3.63, 3.8) is 0 Å². The molecule has 1 rings (SSSR count). The van der Waals surface area contributed by atoms with Gasteiger partial charge in [-0.25, -0.2) is 0 Å². The third-order valence-corrected chi connectivity index (χ3v) is 2.54. The van der Waals surface area contributed by atoms with E-state index in [1.807, 2.05) is 18.2 Å². The van der Waals surface area contributed by atoms with E-state index in [9.17, 15) is 4.79 Å². The Bertz CT molecular complexity index is 427. The summed E-state index contributed by atoms with van der Waals surface area (Å²) in [6, 6.07) is 7.31. The Labute approximate surface area is 106 Å². The normalized spacial score (nSPS) is 13.3. The van der Waals surface area contributed by atoms with Crippen molar-refractivity contribution in [2.75, 3.05) is 6.54 Å². The van der Waals surface area contributed by atoms with E-state index < -0.39 is 6.10 Å². The number of nitrogens with one attached hydrogen (secondary N) is 1. The molecule has 0 aliphatic carbocycles. The molecule has 4 heteroatoms. The minimum atomic E-state index is -0.549. The van der Waals surface area contributed by atoms with Gasteiger partial charge in [-0.15, -0.1) is 0 Å². The summed E-state index contributed by atoms with van der Waals surface area (Å²) in [5, 5.41) is 12.3. The smallest absolute Gasteiger partial charge is 0.247 e. The molecule has 0 aliphatic rings. The van der Waals surface area contributed by atoms with Crippen LogP contribution in [-0.4, -0.2) is 23.7 Å². The first kappa shape index (κ1) is 13.7. The van der Waals surface area contributed by atoms with Crippen LogP contribution >= 0.6 is 11.6 Å². The summed E-state index contributed by atoms with van der Waals surface area (Å²) in [4.78, 5) is 11.6. The molecule has 0 aliphatic heterocycles. The maximum Gasteiger partial charge on any atom is 0.247 e. The lowest BCUT2D eigenvalue weighted by molar-refractivity contribution is -0.117. The first-order valence-corrected chi connectivity index (χ1v) is 5.77. The number of aliphatic hydroxyl groups excluding tert-OH is 1. The monoisotopic (exact) mass is 253 g/mol. The Hall–Kier alpha value is -1.32. The molecule has 1 atom stereocenters. The van der Waals surface area contributed by atoms with Crippen LogP contribution in [0.5, 0.6) is 0 Å². The van der Waals surface area contributed by atoms with E-state index in [4.69, 9.17) is 16.7 Å². The second kappa shape index (κ2) is 6.42. The van der Waals surface area contributed by atoms with Crippen LogP contribution in [0.4, 0.5) is 0 Å². The van der Waals surface area contributed by atoms with Gasteiger partial charge in [-0.05, 0) is 31.6 Å². The number of carbonyl (C=O) groups excluding carboxylic acids is 1. The Morgan fingerprint density at radius 1 is 1.53 bits per heavy atom. The highest BCUT2D eigenvalue weighted by atomic mass is 35.5. The zero-order valence-electron chi connectivity index (χ0n) is 9.90. The summed E-state index contributed by atoms with van der Waals surface area (Å²) in [6.45, 7) is 3.57. The van der Waals surface area contributed by atoms with Crippen molar-refractivity contribution in [1.82, 2.24) is 5.32 Å². The molecule has 0 bridgehead atoms. The summed E-state index contributed by atoms with van der Waals surface area (Å²) < 4.78 is 0. The van der Waals surface area contributed by atoms with E-state index in [1.165, 1.54) is 0 Å². The lowest BCUT2D eigenvalue weighted by Gasteiger charge is -2.07. The molecular formula is C13H16ClNO2. The topological polar surface area (TPSA) is 49.3 Å². The Kier molecular flexibility index (Phi) is 5.19. The van der Waals surface area contributed by atoms with E-state index >= 15 is 0 Å². The first-order chi connectivity index (χ1) is 8.00. The zero-order valence-corrected chi connectivity index (χ0v) is 10.7. The van der Waals surface area contributed by atoms with Crippen molar-refractivity contribution in [3.8, 4) is 0 Å². The van der Waals surface area contributed by atoms with Crippen LogP contribution < -0.4 is 5.32 Å². The molecule has 0 aromatic heterocycles. The van der Waals surface area contributed by atoms with Gasteiger partial charge in [0.25, 0.3) is 0 Å². The van der Waals surface area contributed by atoms with Gasteiger partial charge in [0.1, 0.15) is 0 Å². The Morgan fingerprint density at radius 2 is 2.18 bits per heavy atom. The molecule has 0 saturated heterocycles. The van der Waals surface area contributed by atoms with Crippen LogP contribution in [0.25, 0.3) is 6.08 Å². The van der Waals surface area contributed by atoms with Gasteiger partial charge in [0.2, 0.25) is 5.91 Å². The predicted octanol–water partition coefficient (Wildman–Crippen LogP) is 2.24. The molecule has 1 amide bonds. The summed E-state index contributed by atoms with van der Waals surface area (Å²) >= 11 is 5.98. The lowest BCUT2D eigenvalue weighted by atomic mass is 10.1. The minimum Gasteiger partial charge on any atom is -0.392 e. The molecule has 0 spiro atoms. The molecule has 1 aromatic carbocycles. The van der Waals surface area contributed by atoms with Crippen LogP contribution in [0.15, 0.2) is 29.8 Å². The van der Waals surface area contributed by atoms with Crippen molar-refractivity contribution in [3.05, 3.63) is 40.4 Å². The van der Waals surface area contributed by atoms with E-state index in [0.717, 1.165) is 5.56 Å². The molecule has 17 heavy (non-hydrogen) atoms. The second-order valence-electron chi connectivity index (χ2n) is 3.91. The van der Waals surface area contributed by atoms with Crippen LogP contribution in [0.1, 0.15) is 19.4 Å². The summed E-state index contributed by atoms with van der Waals surface area (Å²) in [5.41, 5.74) is 1.36. The minimum absolute atomic E-state index is 0.203. The summed E-state index contributed by atoms with van der Waals surface area (Å²) in [6.07, 6.45) is 1.17. The van der Waals surface area contributed by atoms with E-state index in [2.05, 4.69) is 5.32 Å². The maximum atomic E-state index is 11.6. The third kappa shape index (κ3) is 4.59. The summed E-state index contributed by atoms with van der Waals surface area (Å²) in [5.74, 6) is -0.203. The SMILES string of the molecule is C/C(=C\c1ccccc1Cl)C(=O)NCC(C)O. The number of hydrogen-bond donors (Lipinski definition) is 2. The van der Waals surface area contributed by atoms with Gasteiger partial charge in [0.15, 0.2) is 0 Å². The highest BCUT2D eigenvalue weighted by Gasteiger charge is 2.06. The highest BCUT2D eigenvalue weighted by molar-refractivity contribution is 6.32. The molecule has 0 fully saturated rings. The quantitative estimate of drug-likeness (QED) is 0.809. The van der Waals surface area contributed by atoms with Crippen molar-refractivity contribution >= 4 is 23.6 Å². The molecular weight excluding hydrogens is 238 g/mol. The number of aliphatic hydroxyl groups is 1. The summed E-state index contributed by atoms with van der Waals surface area (Å²) in [7, 11) is 0. The third-order valence-electron chi connectivity index (χ3n) is 2.19. The molecule has 0 radical (unpaired) electrons. The number of hydrogen-bond acceptors (Lipinski definition) is 2. The Morgan fingerprint density at radius 3 is 2.76 bits per heavy atom. The zero-order chi connectivity index (χ0) is 12.8. The number of amides is 1. The second-order valence-corrected chi connectivity index (χ2v) is 4.32. The molecule has 2 N–H and O–H groups in total. The van der Waals surface area contributed by atoms with Crippen LogP contribution in [0, 0.1) is 0 Å². The van der Waals surface area contributed by atoms with Gasteiger partial charge in [-0.2, -0.15) is 0 Å². The number of carbonyl (C=O) groups is 1. The average molecular weight is 254 g/mol. The van der Waals surface area contributed by atoms with Crippen molar-refractivity contribution in [2.24, 2.45) is 0 Å². The average Bonchev–Trinajstić information content (AvgIpc) is 2.28. The van der Waals surface area contributed by atoms with Crippen LogP contribution in [-0.2, 0) is 4.79 Å². The molecule has 92 valence electrons. The maximum absolute atomic E-state index is 11.6. The van der Waals surface area contributed by atoms with Gasteiger partial charge in [-0.1, -0.05) is 29.8 Å². The largest absolute Gasteiger partial charge is 0.392 e. The van der Waals surface area contributed by atoms with Crippen molar-refractivity contribution in [1.29, 1.82) is 0 Å². The predicted molar refractivity (Wildman–Crippen MR) is 69.8 cm³/mol. The fourth-order valence-electron chi connectivity index (χ4n) is 1.27. The van der Waals surface area contributed by atoms with E-state index in [0.29, 0.717) is 10.6 Å². The van der Waals surface area contributed by atoms with Gasteiger partial charge in [0, 0.05) is 17.1 Å². The molecule has 0 heterocycles. The van der Waals surface area contributed by atoms with E-state index in [1.54, 1.807) is 26.0 Å². The van der Waals surface area contributed by atoms with Crippen LogP contribution in [0.3, 0.4) is 0 Å². The van der Waals surface area contributed by atoms with Gasteiger partial charge >= 0.3 is 0 Å². The standard InChI is InChI=1S/C13H16ClNO2/c1-9(13(17)15-8-10(2)16)7-11-5-3-4-6-12(11)14/h3-7,10,16H,8H2,1-2H3,(H,15,17)/b9-7+. The lowest BCUT2D eigenvalue weighted by Crippen LogP contribution is -2.30. The highest BCUT2D eigenvalue weighted by Crippen LogP contribution is 2.17. The van der Waals surface area contributed by atoms with Gasteiger partial charge in [-0.3, -0.25) is 4.79 Å². The fraction of sp³-hybridized carbons (Fsp3) is 0.308. The van der Waals surface area contributed by atoms with Crippen molar-refractivity contribution in [2.45, 2.75) is 20.0 Å². The van der Waals surface area contributed by atoms with Crippen LogP contribution in [0.2, 0.25) is 5.02 Å². The number of rotatable bonds is 4. The molecule has 1 unspecified atom stereocenters. The van der Waals surface area contributed by atoms with Gasteiger partial charge < -0.3 is 10.4 Å². The molecule has 3 nitrogen and oxygen atoms in total. The number of benzene rings is 1. The Balaban J connectivity index is 2.72. The van der Waals surface area contributed by atoms with Gasteiger partial charge in [0.05, 0.1) is 6.10 Å².